The molecule has 1 N–H and O–H groups in total. The van der Waals surface area contributed by atoms with Crippen LogP contribution in [0.4, 0.5) is 0 Å². The first-order valence-electron chi connectivity index (χ1n) is 9.16. The molecule has 0 aromatic heterocycles. The number of carboxylic acids is 1. The molecule has 1 aliphatic heterocycles. The Morgan fingerprint density at radius 1 is 0.966 bits per heavy atom. The molecule has 1 heterocycles. The largest absolute Gasteiger partial charge is 0.480 e. The SMILES string of the molecule is CC(OCC(=O)O)N1CCN(C(c2ccccc2)c2ccc(Cl)cc2)CC1.Cl.Cl. The van der Waals surface area contributed by atoms with Crippen LogP contribution in [0.5, 0.6) is 0 Å². The van der Waals surface area contributed by atoms with E-state index in [4.69, 9.17) is 21.4 Å². The number of halogens is 3. The number of aliphatic carboxylic acids is 1. The number of carbonyl (C=O) groups is 1. The zero-order valence-electron chi connectivity index (χ0n) is 16.2. The number of carboxylic acid groups (broad SMARTS) is 1. The van der Waals surface area contributed by atoms with Crippen molar-refractivity contribution in [3.05, 3.63) is 70.7 Å². The van der Waals surface area contributed by atoms with Crippen LogP contribution in [-0.4, -0.2) is 59.9 Å². The lowest BCUT2D eigenvalue weighted by atomic mass is 9.96. The van der Waals surface area contributed by atoms with E-state index in [1.807, 2.05) is 25.1 Å². The second-order valence-electron chi connectivity index (χ2n) is 6.74. The molecule has 8 heteroatoms. The Morgan fingerprint density at radius 2 is 1.48 bits per heavy atom. The second-order valence-corrected chi connectivity index (χ2v) is 7.18. The van der Waals surface area contributed by atoms with E-state index in [0.717, 1.165) is 31.2 Å². The van der Waals surface area contributed by atoms with E-state index in [1.54, 1.807) is 0 Å². The van der Waals surface area contributed by atoms with Crippen molar-refractivity contribution in [3.63, 3.8) is 0 Å². The third-order valence-corrected chi connectivity index (χ3v) is 5.23. The van der Waals surface area contributed by atoms with Crippen molar-refractivity contribution in [3.8, 4) is 0 Å². The Kier molecular flexibility index (Phi) is 11.0. The van der Waals surface area contributed by atoms with Gasteiger partial charge in [0, 0.05) is 31.2 Å². The molecule has 0 aliphatic carbocycles. The first kappa shape index (κ1) is 25.7. The molecule has 2 aromatic rings. The van der Waals surface area contributed by atoms with Crippen LogP contribution in [0.2, 0.25) is 5.02 Å². The number of piperazine rings is 1. The van der Waals surface area contributed by atoms with Gasteiger partial charge in [-0.05, 0) is 30.2 Å². The van der Waals surface area contributed by atoms with Crippen LogP contribution >= 0.6 is 36.4 Å². The minimum Gasteiger partial charge on any atom is -0.480 e. The minimum atomic E-state index is -0.938. The highest BCUT2D eigenvalue weighted by Crippen LogP contribution is 2.30. The second kappa shape index (κ2) is 12.4. The topological polar surface area (TPSA) is 53.0 Å². The number of nitrogens with zero attached hydrogens (tertiary/aromatic N) is 2. The lowest BCUT2D eigenvalue weighted by molar-refractivity contribution is -0.149. The fraction of sp³-hybridized carbons (Fsp3) is 0.381. The van der Waals surface area contributed by atoms with E-state index in [0.29, 0.717) is 0 Å². The van der Waals surface area contributed by atoms with Gasteiger partial charge < -0.3 is 9.84 Å². The normalized spacial score (nSPS) is 16.9. The molecule has 3 rings (SSSR count). The predicted octanol–water partition coefficient (Wildman–Crippen LogP) is 4.34. The van der Waals surface area contributed by atoms with Crippen LogP contribution in [0.1, 0.15) is 24.1 Å². The standard InChI is InChI=1S/C21H25ClN2O3.2ClH/c1-16(27-15-20(25)26)23-11-13-24(14-12-23)21(17-5-3-2-4-6-17)18-7-9-19(22)10-8-18;;/h2-10,16,21H,11-15H2,1H3,(H,25,26);2*1H. The van der Waals surface area contributed by atoms with Crippen molar-refractivity contribution < 1.29 is 14.6 Å². The van der Waals surface area contributed by atoms with E-state index < -0.39 is 5.97 Å². The highest BCUT2D eigenvalue weighted by atomic mass is 35.5. The summed E-state index contributed by atoms with van der Waals surface area (Å²) in [5.41, 5.74) is 2.47. The Bertz CT molecular complexity index is 739. The molecule has 0 bridgehead atoms. The molecular formula is C21H27Cl3N2O3. The lowest BCUT2D eigenvalue weighted by Crippen LogP contribution is -2.51. The molecule has 29 heavy (non-hydrogen) atoms. The molecule has 0 spiro atoms. The van der Waals surface area contributed by atoms with E-state index in [2.05, 4.69) is 46.2 Å². The van der Waals surface area contributed by atoms with Crippen molar-refractivity contribution in [2.45, 2.75) is 19.2 Å². The molecular weight excluding hydrogens is 435 g/mol. The number of hydrogen-bond acceptors (Lipinski definition) is 4. The summed E-state index contributed by atoms with van der Waals surface area (Å²) in [6.45, 7) is 5.06. The Labute approximate surface area is 189 Å². The average molecular weight is 462 g/mol. The molecule has 5 nitrogen and oxygen atoms in total. The average Bonchev–Trinajstić information content (AvgIpc) is 2.69. The van der Waals surface area contributed by atoms with E-state index in [1.165, 1.54) is 11.1 Å². The number of hydrogen-bond donors (Lipinski definition) is 1. The van der Waals surface area contributed by atoms with Gasteiger partial charge in [0.2, 0.25) is 0 Å². The number of rotatable bonds is 7. The molecule has 2 unspecified atom stereocenters. The maximum Gasteiger partial charge on any atom is 0.329 e. The van der Waals surface area contributed by atoms with Gasteiger partial charge in [0.05, 0.1) is 6.04 Å². The molecule has 2 atom stereocenters. The van der Waals surface area contributed by atoms with Gasteiger partial charge in [0.1, 0.15) is 12.8 Å². The van der Waals surface area contributed by atoms with E-state index in [9.17, 15) is 4.79 Å². The maximum absolute atomic E-state index is 10.7. The lowest BCUT2D eigenvalue weighted by Gasteiger charge is -2.41. The van der Waals surface area contributed by atoms with Gasteiger partial charge in [-0.15, -0.1) is 24.8 Å². The van der Waals surface area contributed by atoms with Crippen LogP contribution in [0.15, 0.2) is 54.6 Å². The summed E-state index contributed by atoms with van der Waals surface area (Å²) >= 11 is 6.08. The Balaban J connectivity index is 0.00000210. The fourth-order valence-corrected chi connectivity index (χ4v) is 3.68. The third-order valence-electron chi connectivity index (χ3n) is 4.98. The summed E-state index contributed by atoms with van der Waals surface area (Å²) in [6, 6.07) is 18.7. The van der Waals surface area contributed by atoms with Gasteiger partial charge >= 0.3 is 5.97 Å². The van der Waals surface area contributed by atoms with Gasteiger partial charge in [0.15, 0.2) is 0 Å². The molecule has 1 saturated heterocycles. The molecule has 0 amide bonds. The summed E-state index contributed by atoms with van der Waals surface area (Å²) in [4.78, 5) is 15.3. The quantitative estimate of drug-likeness (QED) is 0.665. The highest BCUT2D eigenvalue weighted by Gasteiger charge is 2.28. The van der Waals surface area contributed by atoms with Crippen LogP contribution in [0.25, 0.3) is 0 Å². The summed E-state index contributed by atoms with van der Waals surface area (Å²) in [6.07, 6.45) is -0.200. The maximum atomic E-state index is 10.7. The molecule has 0 saturated carbocycles. The van der Waals surface area contributed by atoms with Crippen molar-refractivity contribution in [1.29, 1.82) is 0 Å². The van der Waals surface area contributed by atoms with E-state index >= 15 is 0 Å². The van der Waals surface area contributed by atoms with E-state index in [-0.39, 0.29) is 43.7 Å². The minimum absolute atomic E-state index is 0. The summed E-state index contributed by atoms with van der Waals surface area (Å²) in [5.74, 6) is -0.938. The van der Waals surface area contributed by atoms with Gasteiger partial charge in [-0.1, -0.05) is 54.1 Å². The van der Waals surface area contributed by atoms with Crippen LogP contribution < -0.4 is 0 Å². The Morgan fingerprint density at radius 3 is 2.03 bits per heavy atom. The third kappa shape index (κ3) is 7.14. The van der Waals surface area contributed by atoms with Crippen molar-refractivity contribution in [1.82, 2.24) is 9.80 Å². The van der Waals surface area contributed by atoms with Gasteiger partial charge in [-0.3, -0.25) is 9.80 Å². The first-order chi connectivity index (χ1) is 13.0. The molecule has 160 valence electrons. The van der Waals surface area contributed by atoms with Gasteiger partial charge in [-0.25, -0.2) is 4.79 Å². The fourth-order valence-electron chi connectivity index (χ4n) is 3.55. The van der Waals surface area contributed by atoms with Gasteiger partial charge in [0.25, 0.3) is 0 Å². The van der Waals surface area contributed by atoms with Crippen LogP contribution in [-0.2, 0) is 9.53 Å². The zero-order valence-corrected chi connectivity index (χ0v) is 18.6. The summed E-state index contributed by atoms with van der Waals surface area (Å²) in [7, 11) is 0. The van der Waals surface area contributed by atoms with Crippen LogP contribution in [0, 0.1) is 0 Å². The molecule has 0 radical (unpaired) electrons. The number of ether oxygens (including phenoxy) is 1. The molecule has 2 aromatic carbocycles. The molecule has 1 fully saturated rings. The van der Waals surface area contributed by atoms with Crippen molar-refractivity contribution >= 4 is 42.4 Å². The predicted molar refractivity (Wildman–Crippen MR) is 120 cm³/mol. The molecule has 1 aliphatic rings. The van der Waals surface area contributed by atoms with Gasteiger partial charge in [-0.2, -0.15) is 0 Å². The Hall–Kier alpha value is -1.34. The number of benzene rings is 2. The first-order valence-corrected chi connectivity index (χ1v) is 9.54. The highest BCUT2D eigenvalue weighted by molar-refractivity contribution is 6.30. The van der Waals surface area contributed by atoms with Crippen LogP contribution in [0.3, 0.4) is 0 Å². The van der Waals surface area contributed by atoms with Crippen molar-refractivity contribution in [2.24, 2.45) is 0 Å². The smallest absolute Gasteiger partial charge is 0.329 e. The monoisotopic (exact) mass is 460 g/mol. The zero-order chi connectivity index (χ0) is 19.2. The van der Waals surface area contributed by atoms with Crippen molar-refractivity contribution in [2.75, 3.05) is 32.8 Å². The summed E-state index contributed by atoms with van der Waals surface area (Å²) in [5, 5.41) is 9.52. The summed E-state index contributed by atoms with van der Waals surface area (Å²) < 4.78 is 5.41.